The number of fused-ring (bicyclic) bond motifs is 1. The monoisotopic (exact) mass is 422 g/mol. The first-order valence-corrected chi connectivity index (χ1v) is 10.7. The fourth-order valence-electron chi connectivity index (χ4n) is 4.91. The number of esters is 2. The van der Waals surface area contributed by atoms with E-state index in [0.29, 0.717) is 13.0 Å². The smallest absolute Gasteiger partial charge is 0.326 e. The summed E-state index contributed by atoms with van der Waals surface area (Å²) >= 11 is 0. The standard InChI is InChI=1S/C25H30N2O4/c1-24(2,3)31-22(28)18-14-25(23(29)30-4,27-21(18)16-10-6-5-7-11-16)19-15-26-20-13-9-8-12-17(19)20/h5-13,18-19,21,26-27H,14-15H2,1-4H3/t18?,19?,21-,25-/m1/s1. The van der Waals surface area contributed by atoms with E-state index in [9.17, 15) is 9.59 Å². The maximum atomic E-state index is 13.3. The molecule has 0 aliphatic carbocycles. The van der Waals surface area contributed by atoms with Crippen molar-refractivity contribution in [3.63, 3.8) is 0 Å². The van der Waals surface area contributed by atoms with Crippen LogP contribution in [0.2, 0.25) is 0 Å². The summed E-state index contributed by atoms with van der Waals surface area (Å²) in [5.74, 6) is -1.36. The normalized spacial score (nSPS) is 27.3. The largest absolute Gasteiger partial charge is 0.468 e. The Morgan fingerprint density at radius 2 is 1.71 bits per heavy atom. The van der Waals surface area contributed by atoms with Gasteiger partial charge in [0.2, 0.25) is 0 Å². The predicted octanol–water partition coefficient (Wildman–Crippen LogP) is 3.80. The highest BCUT2D eigenvalue weighted by molar-refractivity contribution is 5.87. The van der Waals surface area contributed by atoms with Gasteiger partial charge in [0.1, 0.15) is 11.1 Å². The number of hydrogen-bond acceptors (Lipinski definition) is 6. The Bertz CT molecular complexity index is 969. The van der Waals surface area contributed by atoms with Gasteiger partial charge in [-0.1, -0.05) is 48.5 Å². The summed E-state index contributed by atoms with van der Waals surface area (Å²) in [5.41, 5.74) is 1.35. The molecule has 6 heteroatoms. The molecule has 0 amide bonds. The molecule has 2 aliphatic rings. The Morgan fingerprint density at radius 1 is 1.03 bits per heavy atom. The molecular weight excluding hydrogens is 392 g/mol. The van der Waals surface area contributed by atoms with Gasteiger partial charge in [0.25, 0.3) is 0 Å². The van der Waals surface area contributed by atoms with Gasteiger partial charge in [0.05, 0.1) is 13.0 Å². The molecule has 0 radical (unpaired) electrons. The number of hydrogen-bond donors (Lipinski definition) is 2. The lowest BCUT2D eigenvalue weighted by Gasteiger charge is -2.33. The number of anilines is 1. The molecule has 0 aromatic heterocycles. The van der Waals surface area contributed by atoms with Crippen molar-refractivity contribution < 1.29 is 19.1 Å². The molecule has 2 aromatic carbocycles. The number of ether oxygens (including phenoxy) is 2. The Labute approximate surface area is 183 Å². The average molecular weight is 423 g/mol. The van der Waals surface area contributed by atoms with Crippen molar-refractivity contribution in [2.75, 3.05) is 19.0 Å². The zero-order chi connectivity index (χ0) is 22.2. The lowest BCUT2D eigenvalue weighted by molar-refractivity contribution is -0.160. The number of nitrogens with one attached hydrogen (secondary N) is 2. The quantitative estimate of drug-likeness (QED) is 0.730. The number of carbonyl (C=O) groups is 2. The predicted molar refractivity (Wildman–Crippen MR) is 119 cm³/mol. The fraction of sp³-hybridized carbons (Fsp3) is 0.440. The van der Waals surface area contributed by atoms with E-state index in [4.69, 9.17) is 9.47 Å². The van der Waals surface area contributed by atoms with Crippen LogP contribution in [0.15, 0.2) is 54.6 Å². The van der Waals surface area contributed by atoms with Gasteiger partial charge >= 0.3 is 11.9 Å². The third-order valence-electron chi connectivity index (χ3n) is 6.20. The molecule has 4 rings (SSSR count). The maximum absolute atomic E-state index is 13.3. The van der Waals surface area contributed by atoms with Crippen molar-refractivity contribution in [3.05, 3.63) is 65.7 Å². The summed E-state index contributed by atoms with van der Waals surface area (Å²) in [4.78, 5) is 26.6. The Hall–Kier alpha value is -2.86. The molecule has 4 atom stereocenters. The molecule has 0 spiro atoms. The molecule has 1 saturated heterocycles. The molecule has 164 valence electrons. The van der Waals surface area contributed by atoms with Gasteiger partial charge in [-0.3, -0.25) is 14.9 Å². The van der Waals surface area contributed by atoms with Gasteiger partial charge in [0, 0.05) is 24.2 Å². The van der Waals surface area contributed by atoms with Crippen LogP contribution in [0.5, 0.6) is 0 Å². The van der Waals surface area contributed by atoms with Crippen LogP contribution in [0, 0.1) is 5.92 Å². The van der Waals surface area contributed by atoms with Crippen LogP contribution in [0.4, 0.5) is 5.69 Å². The number of carbonyl (C=O) groups excluding carboxylic acids is 2. The molecule has 2 aliphatic heterocycles. The minimum atomic E-state index is -1.05. The van der Waals surface area contributed by atoms with E-state index in [-0.39, 0.29) is 23.9 Å². The molecule has 6 nitrogen and oxygen atoms in total. The first kappa shape index (κ1) is 21.4. The minimum absolute atomic E-state index is 0.171. The van der Waals surface area contributed by atoms with E-state index < -0.39 is 17.1 Å². The molecule has 31 heavy (non-hydrogen) atoms. The van der Waals surface area contributed by atoms with E-state index >= 15 is 0 Å². The summed E-state index contributed by atoms with van der Waals surface area (Å²) in [5, 5.41) is 6.96. The highest BCUT2D eigenvalue weighted by Gasteiger charge is 2.59. The fourth-order valence-corrected chi connectivity index (χ4v) is 4.91. The van der Waals surface area contributed by atoms with Crippen molar-refractivity contribution in [2.45, 2.75) is 50.3 Å². The summed E-state index contributed by atoms with van der Waals surface area (Å²) in [6.07, 6.45) is 0.300. The highest BCUT2D eigenvalue weighted by Crippen LogP contribution is 2.49. The van der Waals surface area contributed by atoms with Gasteiger partial charge in [-0.05, 0) is 44.4 Å². The molecule has 0 saturated carbocycles. The number of methoxy groups -OCH3 is 1. The van der Waals surface area contributed by atoms with Gasteiger partial charge in [-0.2, -0.15) is 0 Å². The van der Waals surface area contributed by atoms with E-state index in [1.165, 1.54) is 7.11 Å². The summed E-state index contributed by atoms with van der Waals surface area (Å²) < 4.78 is 11.1. The summed E-state index contributed by atoms with van der Waals surface area (Å²) in [6, 6.07) is 17.4. The first-order valence-electron chi connectivity index (χ1n) is 10.7. The van der Waals surface area contributed by atoms with Gasteiger partial charge in [0.15, 0.2) is 0 Å². The van der Waals surface area contributed by atoms with Crippen molar-refractivity contribution in [1.82, 2.24) is 5.32 Å². The van der Waals surface area contributed by atoms with Crippen LogP contribution >= 0.6 is 0 Å². The summed E-state index contributed by atoms with van der Waals surface area (Å²) in [6.45, 7) is 6.16. The second kappa shape index (κ2) is 8.00. The minimum Gasteiger partial charge on any atom is -0.468 e. The summed E-state index contributed by atoms with van der Waals surface area (Å²) in [7, 11) is 1.40. The zero-order valence-corrected chi connectivity index (χ0v) is 18.5. The van der Waals surface area contributed by atoms with E-state index in [2.05, 4.69) is 10.6 Å². The molecule has 2 N–H and O–H groups in total. The van der Waals surface area contributed by atoms with Crippen LogP contribution < -0.4 is 10.6 Å². The number of benzene rings is 2. The van der Waals surface area contributed by atoms with Crippen LogP contribution in [-0.2, 0) is 19.1 Å². The molecule has 2 unspecified atom stereocenters. The van der Waals surface area contributed by atoms with Crippen LogP contribution in [0.1, 0.15) is 50.3 Å². The van der Waals surface area contributed by atoms with E-state index in [1.54, 1.807) is 0 Å². The maximum Gasteiger partial charge on any atom is 0.326 e. The zero-order valence-electron chi connectivity index (χ0n) is 18.5. The molecule has 1 fully saturated rings. The van der Waals surface area contributed by atoms with E-state index in [0.717, 1.165) is 16.8 Å². The van der Waals surface area contributed by atoms with Crippen LogP contribution in [-0.4, -0.2) is 36.7 Å². The van der Waals surface area contributed by atoms with Crippen LogP contribution in [0.25, 0.3) is 0 Å². The molecule has 2 heterocycles. The number of rotatable bonds is 4. The van der Waals surface area contributed by atoms with Crippen molar-refractivity contribution >= 4 is 17.6 Å². The van der Waals surface area contributed by atoms with Crippen LogP contribution in [0.3, 0.4) is 0 Å². The Kier molecular flexibility index (Phi) is 5.52. The lowest BCUT2D eigenvalue weighted by atomic mass is 9.77. The molecule has 2 aromatic rings. The second-order valence-corrected chi connectivity index (χ2v) is 9.36. The second-order valence-electron chi connectivity index (χ2n) is 9.36. The molecular formula is C25H30N2O4. The Balaban J connectivity index is 1.78. The Morgan fingerprint density at radius 3 is 2.39 bits per heavy atom. The lowest BCUT2D eigenvalue weighted by Crippen LogP contribution is -2.54. The first-order chi connectivity index (χ1) is 14.7. The number of para-hydroxylation sites is 1. The van der Waals surface area contributed by atoms with E-state index in [1.807, 2.05) is 75.4 Å². The SMILES string of the molecule is COC(=O)[C@]1(C2CNc3ccccc32)CC(C(=O)OC(C)(C)C)[C@@H](c2ccccc2)N1. The average Bonchev–Trinajstić information content (AvgIpc) is 3.35. The van der Waals surface area contributed by atoms with Crippen molar-refractivity contribution in [1.29, 1.82) is 0 Å². The highest BCUT2D eigenvalue weighted by atomic mass is 16.6. The third-order valence-corrected chi connectivity index (χ3v) is 6.20. The van der Waals surface area contributed by atoms with Gasteiger partial charge in [-0.15, -0.1) is 0 Å². The topological polar surface area (TPSA) is 76.7 Å². The van der Waals surface area contributed by atoms with Gasteiger partial charge in [-0.25, -0.2) is 0 Å². The molecule has 0 bridgehead atoms. The van der Waals surface area contributed by atoms with Gasteiger partial charge < -0.3 is 14.8 Å². The van der Waals surface area contributed by atoms with Crippen molar-refractivity contribution in [2.24, 2.45) is 5.92 Å². The van der Waals surface area contributed by atoms with Crippen molar-refractivity contribution in [3.8, 4) is 0 Å². The third kappa shape index (κ3) is 3.92.